The van der Waals surface area contributed by atoms with E-state index in [-0.39, 0.29) is 23.0 Å². The smallest absolute Gasteiger partial charge is 0.264 e. The average Bonchev–Trinajstić information content (AvgIpc) is 2.94. The lowest BCUT2D eigenvalue weighted by Gasteiger charge is -2.33. The van der Waals surface area contributed by atoms with E-state index < -0.39 is 28.5 Å². The van der Waals surface area contributed by atoms with Crippen LogP contribution in [0.15, 0.2) is 77.7 Å². The van der Waals surface area contributed by atoms with E-state index in [1.165, 1.54) is 17.0 Å². The molecule has 0 aliphatic heterocycles. The summed E-state index contributed by atoms with van der Waals surface area (Å²) in [5, 5.41) is 3.16. The first kappa shape index (κ1) is 30.0. The minimum atomic E-state index is -4.16. The van der Waals surface area contributed by atoms with Gasteiger partial charge in [0.1, 0.15) is 18.3 Å². The number of nitrogens with one attached hydrogen (secondary N) is 1. The molecule has 3 aromatic carbocycles. The maximum Gasteiger partial charge on any atom is 0.264 e. The first-order valence-electron chi connectivity index (χ1n) is 12.7. The maximum absolute atomic E-state index is 14.0. The number of amides is 2. The maximum atomic E-state index is 14.0. The Morgan fingerprint density at radius 2 is 1.69 bits per heavy atom. The first-order chi connectivity index (χ1) is 18.6. The van der Waals surface area contributed by atoms with Crippen LogP contribution < -0.4 is 14.4 Å². The van der Waals surface area contributed by atoms with Gasteiger partial charge in [0.2, 0.25) is 11.8 Å². The minimum Gasteiger partial charge on any atom is -0.497 e. The average molecular weight is 572 g/mol. The van der Waals surface area contributed by atoms with Gasteiger partial charge in [0.25, 0.3) is 10.0 Å². The molecule has 1 atom stereocenters. The molecule has 39 heavy (non-hydrogen) atoms. The lowest BCUT2D eigenvalue weighted by atomic mass is 10.1. The van der Waals surface area contributed by atoms with Gasteiger partial charge in [0.15, 0.2) is 0 Å². The second kappa shape index (κ2) is 13.5. The van der Waals surface area contributed by atoms with E-state index in [2.05, 4.69) is 5.32 Å². The second-order valence-electron chi connectivity index (χ2n) is 8.90. The van der Waals surface area contributed by atoms with Crippen molar-refractivity contribution in [3.8, 4) is 5.75 Å². The summed E-state index contributed by atoms with van der Waals surface area (Å²) in [6.45, 7) is 5.26. The van der Waals surface area contributed by atoms with Gasteiger partial charge in [-0.05, 0) is 67.8 Å². The number of nitrogens with zero attached hydrogens (tertiary/aromatic N) is 2. The van der Waals surface area contributed by atoms with Crippen LogP contribution in [0.1, 0.15) is 31.4 Å². The standard InChI is InChI=1S/C29H34ClN3O5S/c1-5-26(29(35)31-6-2)32(19-22-12-10-13-23(18-22)38-4)28(34)20-33(27-17-11-16-25(30)21(27)3)39(36,37)24-14-8-7-9-15-24/h7-18,26H,5-6,19-20H2,1-4H3,(H,31,35)/t26-/m1/s1. The fourth-order valence-electron chi connectivity index (χ4n) is 4.28. The van der Waals surface area contributed by atoms with Crippen LogP contribution in [0, 0.1) is 6.92 Å². The Bertz CT molecular complexity index is 1400. The Kier molecular flexibility index (Phi) is 10.4. The molecule has 0 bridgehead atoms. The van der Waals surface area contributed by atoms with Crippen LogP contribution in [0.5, 0.6) is 5.75 Å². The number of halogens is 1. The molecule has 10 heteroatoms. The van der Waals surface area contributed by atoms with E-state index in [1.54, 1.807) is 75.6 Å². The molecule has 0 aromatic heterocycles. The number of hydrogen-bond acceptors (Lipinski definition) is 5. The van der Waals surface area contributed by atoms with Crippen LogP contribution in [0.2, 0.25) is 5.02 Å². The number of anilines is 1. The molecule has 0 unspecified atom stereocenters. The molecule has 8 nitrogen and oxygen atoms in total. The van der Waals surface area contributed by atoms with Gasteiger partial charge >= 0.3 is 0 Å². The Hall–Kier alpha value is -3.56. The van der Waals surface area contributed by atoms with Gasteiger partial charge in [-0.2, -0.15) is 0 Å². The summed E-state index contributed by atoms with van der Waals surface area (Å²) < 4.78 is 34.2. The normalized spacial score (nSPS) is 11.9. The van der Waals surface area contributed by atoms with Crippen molar-refractivity contribution in [1.82, 2.24) is 10.2 Å². The van der Waals surface area contributed by atoms with Crippen LogP contribution >= 0.6 is 11.6 Å². The second-order valence-corrected chi connectivity index (χ2v) is 11.2. The van der Waals surface area contributed by atoms with Gasteiger partial charge < -0.3 is 15.0 Å². The van der Waals surface area contributed by atoms with Crippen LogP contribution in [-0.4, -0.2) is 51.4 Å². The minimum absolute atomic E-state index is 0.0345. The van der Waals surface area contributed by atoms with Crippen LogP contribution in [0.3, 0.4) is 0 Å². The van der Waals surface area contributed by atoms with Gasteiger partial charge in [-0.15, -0.1) is 0 Å². The highest BCUT2D eigenvalue weighted by Crippen LogP contribution is 2.31. The fourth-order valence-corrected chi connectivity index (χ4v) is 5.94. The highest BCUT2D eigenvalue weighted by Gasteiger charge is 2.34. The van der Waals surface area contributed by atoms with E-state index in [0.717, 1.165) is 9.87 Å². The molecule has 2 amide bonds. The molecule has 0 radical (unpaired) electrons. The number of hydrogen-bond donors (Lipinski definition) is 1. The number of carbonyl (C=O) groups is 2. The Balaban J connectivity index is 2.10. The summed E-state index contributed by atoms with van der Waals surface area (Å²) in [4.78, 5) is 28.5. The van der Waals surface area contributed by atoms with E-state index in [9.17, 15) is 18.0 Å². The van der Waals surface area contributed by atoms with Gasteiger partial charge in [0, 0.05) is 18.1 Å². The third kappa shape index (κ3) is 7.10. The van der Waals surface area contributed by atoms with Crippen molar-refractivity contribution in [2.45, 2.75) is 44.7 Å². The van der Waals surface area contributed by atoms with Gasteiger partial charge in [-0.3, -0.25) is 13.9 Å². The predicted molar refractivity (Wildman–Crippen MR) is 153 cm³/mol. The number of ether oxygens (including phenoxy) is 1. The van der Waals surface area contributed by atoms with Crippen molar-refractivity contribution in [1.29, 1.82) is 0 Å². The molecule has 3 rings (SSSR count). The van der Waals surface area contributed by atoms with Crippen molar-refractivity contribution in [3.63, 3.8) is 0 Å². The zero-order chi connectivity index (χ0) is 28.6. The Labute approximate surface area is 235 Å². The molecule has 0 aliphatic carbocycles. The SMILES string of the molecule is CCNC(=O)[C@@H](CC)N(Cc1cccc(OC)c1)C(=O)CN(c1cccc(Cl)c1C)S(=O)(=O)c1ccccc1. The molecule has 0 aliphatic rings. The quantitative estimate of drug-likeness (QED) is 0.337. The van der Waals surface area contributed by atoms with E-state index >= 15 is 0 Å². The number of rotatable bonds is 12. The molecule has 0 saturated heterocycles. The van der Waals surface area contributed by atoms with Crippen LogP contribution in [-0.2, 0) is 26.2 Å². The van der Waals surface area contributed by atoms with Crippen molar-refractivity contribution >= 4 is 39.1 Å². The molecule has 0 saturated carbocycles. The third-order valence-electron chi connectivity index (χ3n) is 6.34. The van der Waals surface area contributed by atoms with Crippen LogP contribution in [0.4, 0.5) is 5.69 Å². The topological polar surface area (TPSA) is 96.0 Å². The van der Waals surface area contributed by atoms with E-state index in [1.807, 2.05) is 13.0 Å². The predicted octanol–water partition coefficient (Wildman–Crippen LogP) is 4.80. The zero-order valence-corrected chi connectivity index (χ0v) is 24.1. The molecule has 0 heterocycles. The number of methoxy groups -OCH3 is 1. The summed E-state index contributed by atoms with van der Waals surface area (Å²) in [6, 6.07) is 19.2. The zero-order valence-electron chi connectivity index (χ0n) is 22.6. The lowest BCUT2D eigenvalue weighted by Crippen LogP contribution is -2.52. The third-order valence-corrected chi connectivity index (χ3v) is 8.53. The largest absolute Gasteiger partial charge is 0.497 e. The molecular formula is C29H34ClN3O5S. The van der Waals surface area contributed by atoms with E-state index in [0.29, 0.717) is 29.3 Å². The molecule has 1 N–H and O–H groups in total. The fraction of sp³-hybridized carbons (Fsp3) is 0.310. The number of sulfonamides is 1. The number of benzene rings is 3. The first-order valence-corrected chi connectivity index (χ1v) is 14.5. The summed E-state index contributed by atoms with van der Waals surface area (Å²) in [6.07, 6.45) is 0.336. The molecule has 0 fully saturated rings. The van der Waals surface area contributed by atoms with Crippen molar-refractivity contribution < 1.29 is 22.7 Å². The van der Waals surface area contributed by atoms with Crippen molar-refractivity contribution in [2.24, 2.45) is 0 Å². The molecular weight excluding hydrogens is 538 g/mol. The van der Waals surface area contributed by atoms with Crippen molar-refractivity contribution in [2.75, 3.05) is 24.5 Å². The summed E-state index contributed by atoms with van der Waals surface area (Å²) in [5.74, 6) is -0.240. The Morgan fingerprint density at radius 1 is 1.00 bits per heavy atom. The Morgan fingerprint density at radius 3 is 2.33 bits per heavy atom. The number of likely N-dealkylation sites (N-methyl/N-ethyl adjacent to an activating group) is 1. The summed E-state index contributed by atoms with van der Waals surface area (Å²) >= 11 is 6.36. The molecule has 3 aromatic rings. The highest BCUT2D eigenvalue weighted by atomic mass is 35.5. The van der Waals surface area contributed by atoms with Gasteiger partial charge in [-0.25, -0.2) is 8.42 Å². The molecule has 0 spiro atoms. The number of carbonyl (C=O) groups excluding carboxylic acids is 2. The summed E-state index contributed by atoms with van der Waals surface area (Å²) in [5.41, 5.74) is 1.54. The highest BCUT2D eigenvalue weighted by molar-refractivity contribution is 7.92. The van der Waals surface area contributed by atoms with Crippen LogP contribution in [0.25, 0.3) is 0 Å². The van der Waals surface area contributed by atoms with Gasteiger partial charge in [-0.1, -0.05) is 54.9 Å². The lowest BCUT2D eigenvalue weighted by molar-refractivity contribution is -0.140. The van der Waals surface area contributed by atoms with Crippen molar-refractivity contribution in [3.05, 3.63) is 88.9 Å². The molecule has 208 valence electrons. The van der Waals surface area contributed by atoms with Gasteiger partial charge in [0.05, 0.1) is 17.7 Å². The summed E-state index contributed by atoms with van der Waals surface area (Å²) in [7, 11) is -2.61. The monoisotopic (exact) mass is 571 g/mol. The van der Waals surface area contributed by atoms with E-state index in [4.69, 9.17) is 16.3 Å².